The summed E-state index contributed by atoms with van der Waals surface area (Å²) >= 11 is 0. The van der Waals surface area contributed by atoms with Crippen molar-refractivity contribution in [1.82, 2.24) is 4.90 Å². The minimum absolute atomic E-state index is 0.0871. The minimum atomic E-state index is -3.68. The molecule has 0 spiro atoms. The maximum Gasteiger partial charge on any atom is 0.261 e. The van der Waals surface area contributed by atoms with Crippen molar-refractivity contribution in [3.8, 4) is 0 Å². The number of para-hydroxylation sites is 1. The van der Waals surface area contributed by atoms with Crippen LogP contribution in [-0.2, 0) is 10.0 Å². The molecule has 1 aliphatic heterocycles. The summed E-state index contributed by atoms with van der Waals surface area (Å²) < 4.78 is 27.3. The first kappa shape index (κ1) is 17.4. The number of amides is 1. The van der Waals surface area contributed by atoms with Crippen LogP contribution in [-0.4, -0.2) is 38.9 Å². The van der Waals surface area contributed by atoms with E-state index in [1.54, 1.807) is 41.3 Å². The molecule has 1 heterocycles. The van der Waals surface area contributed by atoms with Gasteiger partial charge in [0, 0.05) is 24.3 Å². The van der Waals surface area contributed by atoms with Crippen LogP contribution in [0.5, 0.6) is 0 Å². The molecule has 132 valence electrons. The number of benzene rings is 2. The molecule has 25 heavy (non-hydrogen) atoms. The Hall–Kier alpha value is -2.38. The summed E-state index contributed by atoms with van der Waals surface area (Å²) in [6.45, 7) is 1.92. The fourth-order valence-electron chi connectivity index (χ4n) is 2.89. The lowest BCUT2D eigenvalue weighted by molar-refractivity contribution is 0.0787. The highest BCUT2D eigenvalue weighted by Gasteiger charge is 2.26. The summed E-state index contributed by atoms with van der Waals surface area (Å²) in [5.41, 5.74) is 6.63. The zero-order valence-corrected chi connectivity index (χ0v) is 14.6. The van der Waals surface area contributed by atoms with E-state index in [2.05, 4.69) is 4.72 Å². The van der Waals surface area contributed by atoms with E-state index < -0.39 is 10.0 Å². The summed E-state index contributed by atoms with van der Waals surface area (Å²) in [5.74, 6) is 0.259. The van der Waals surface area contributed by atoms with Crippen LogP contribution in [0.1, 0.15) is 16.8 Å². The number of rotatable bonds is 5. The second kappa shape index (κ2) is 7.25. The molecule has 2 aromatic carbocycles. The SMILES string of the molecule is NCC1CCN(C(=O)c2ccc(S(=O)(=O)Nc3ccccc3)cc2)C1. The Labute approximate surface area is 147 Å². The molecule has 1 amide bonds. The molecule has 1 saturated heterocycles. The standard InChI is InChI=1S/C18H21N3O3S/c19-12-14-10-11-21(13-14)18(22)15-6-8-17(9-7-15)25(23,24)20-16-4-2-1-3-5-16/h1-9,14,20H,10-13,19H2. The normalized spacial score (nSPS) is 17.5. The Balaban J connectivity index is 1.72. The molecule has 6 nitrogen and oxygen atoms in total. The molecule has 0 bridgehead atoms. The van der Waals surface area contributed by atoms with E-state index in [1.165, 1.54) is 12.1 Å². The summed E-state index contributed by atoms with van der Waals surface area (Å²) in [4.78, 5) is 14.4. The molecule has 7 heteroatoms. The molecule has 1 aliphatic rings. The van der Waals surface area contributed by atoms with Crippen molar-refractivity contribution in [3.05, 3.63) is 60.2 Å². The lowest BCUT2D eigenvalue weighted by atomic mass is 10.1. The summed E-state index contributed by atoms with van der Waals surface area (Å²) in [6, 6.07) is 14.7. The Morgan fingerprint density at radius 1 is 1.12 bits per heavy atom. The highest BCUT2D eigenvalue weighted by atomic mass is 32.2. The fourth-order valence-corrected chi connectivity index (χ4v) is 3.95. The number of hydrogen-bond donors (Lipinski definition) is 2. The molecule has 1 fully saturated rings. The number of hydrogen-bond acceptors (Lipinski definition) is 4. The van der Waals surface area contributed by atoms with E-state index in [0.29, 0.717) is 36.8 Å². The molecule has 0 radical (unpaired) electrons. The average Bonchev–Trinajstić information content (AvgIpc) is 3.11. The van der Waals surface area contributed by atoms with Crippen molar-refractivity contribution >= 4 is 21.6 Å². The summed E-state index contributed by atoms with van der Waals surface area (Å²) in [7, 11) is -3.68. The molecule has 2 aromatic rings. The van der Waals surface area contributed by atoms with Crippen molar-refractivity contribution in [3.63, 3.8) is 0 Å². The summed E-state index contributed by atoms with van der Waals surface area (Å²) in [5, 5.41) is 0. The van der Waals surface area contributed by atoms with E-state index in [0.717, 1.165) is 6.42 Å². The molecular weight excluding hydrogens is 338 g/mol. The van der Waals surface area contributed by atoms with Gasteiger partial charge in [0.25, 0.3) is 15.9 Å². The first-order valence-corrected chi connectivity index (χ1v) is 9.65. The van der Waals surface area contributed by atoms with Gasteiger partial charge in [-0.25, -0.2) is 8.42 Å². The zero-order valence-electron chi connectivity index (χ0n) is 13.8. The van der Waals surface area contributed by atoms with Gasteiger partial charge in [-0.1, -0.05) is 18.2 Å². The highest BCUT2D eigenvalue weighted by molar-refractivity contribution is 7.92. The Bertz CT molecular complexity index is 836. The number of likely N-dealkylation sites (tertiary alicyclic amines) is 1. The Morgan fingerprint density at radius 3 is 2.40 bits per heavy atom. The van der Waals surface area contributed by atoms with Crippen molar-refractivity contribution in [1.29, 1.82) is 0 Å². The maximum atomic E-state index is 12.5. The van der Waals surface area contributed by atoms with Crippen molar-refractivity contribution in [2.24, 2.45) is 11.7 Å². The molecule has 0 aromatic heterocycles. The van der Waals surface area contributed by atoms with Crippen LogP contribution in [0.3, 0.4) is 0 Å². The van der Waals surface area contributed by atoms with Crippen LogP contribution < -0.4 is 10.5 Å². The molecule has 1 atom stereocenters. The van der Waals surface area contributed by atoms with Gasteiger partial charge < -0.3 is 10.6 Å². The fraction of sp³-hybridized carbons (Fsp3) is 0.278. The van der Waals surface area contributed by atoms with Gasteiger partial charge in [-0.3, -0.25) is 9.52 Å². The molecule has 0 aliphatic carbocycles. The second-order valence-electron chi connectivity index (χ2n) is 6.14. The largest absolute Gasteiger partial charge is 0.338 e. The first-order chi connectivity index (χ1) is 12.0. The van der Waals surface area contributed by atoms with Crippen LogP contribution in [0.25, 0.3) is 0 Å². The van der Waals surface area contributed by atoms with Crippen LogP contribution in [0.2, 0.25) is 0 Å². The third-order valence-corrected chi connectivity index (χ3v) is 5.74. The van der Waals surface area contributed by atoms with Gasteiger partial charge in [-0.2, -0.15) is 0 Å². The van der Waals surface area contributed by atoms with Crippen molar-refractivity contribution in [2.75, 3.05) is 24.4 Å². The van der Waals surface area contributed by atoms with Crippen LogP contribution in [0.15, 0.2) is 59.5 Å². The molecule has 3 rings (SSSR count). The number of nitrogens with two attached hydrogens (primary N) is 1. The second-order valence-corrected chi connectivity index (χ2v) is 7.82. The van der Waals surface area contributed by atoms with Crippen LogP contribution in [0, 0.1) is 5.92 Å². The Kier molecular flexibility index (Phi) is 5.06. The molecule has 0 saturated carbocycles. The van der Waals surface area contributed by atoms with Gasteiger partial charge in [0.1, 0.15) is 0 Å². The third-order valence-electron chi connectivity index (χ3n) is 4.34. The average molecular weight is 359 g/mol. The van der Waals surface area contributed by atoms with Gasteiger partial charge >= 0.3 is 0 Å². The van der Waals surface area contributed by atoms with E-state index in [9.17, 15) is 13.2 Å². The van der Waals surface area contributed by atoms with Crippen molar-refractivity contribution < 1.29 is 13.2 Å². The monoisotopic (exact) mass is 359 g/mol. The number of carbonyl (C=O) groups excluding carboxylic acids is 1. The quantitative estimate of drug-likeness (QED) is 0.853. The maximum absolute atomic E-state index is 12.5. The number of nitrogens with one attached hydrogen (secondary N) is 1. The van der Waals surface area contributed by atoms with Gasteiger partial charge in [-0.05, 0) is 55.3 Å². The third kappa shape index (κ3) is 4.00. The lowest BCUT2D eigenvalue weighted by Crippen LogP contribution is -2.29. The van der Waals surface area contributed by atoms with Crippen LogP contribution in [0.4, 0.5) is 5.69 Å². The predicted molar refractivity (Wildman–Crippen MR) is 96.8 cm³/mol. The predicted octanol–water partition coefficient (Wildman–Crippen LogP) is 1.91. The molecule has 1 unspecified atom stereocenters. The summed E-state index contributed by atoms with van der Waals surface area (Å²) in [6.07, 6.45) is 0.912. The number of nitrogens with zero attached hydrogens (tertiary/aromatic N) is 1. The van der Waals surface area contributed by atoms with Crippen LogP contribution >= 0.6 is 0 Å². The highest BCUT2D eigenvalue weighted by Crippen LogP contribution is 2.20. The van der Waals surface area contributed by atoms with Gasteiger partial charge in [0.2, 0.25) is 0 Å². The van der Waals surface area contributed by atoms with E-state index in [1.807, 2.05) is 6.07 Å². The topological polar surface area (TPSA) is 92.5 Å². The lowest BCUT2D eigenvalue weighted by Gasteiger charge is -2.16. The Morgan fingerprint density at radius 2 is 1.80 bits per heavy atom. The van der Waals surface area contributed by atoms with Crippen molar-refractivity contribution in [2.45, 2.75) is 11.3 Å². The molecule has 3 N–H and O–H groups in total. The number of sulfonamides is 1. The smallest absolute Gasteiger partial charge is 0.261 e. The zero-order chi connectivity index (χ0) is 17.9. The first-order valence-electron chi connectivity index (χ1n) is 8.17. The van der Waals surface area contributed by atoms with E-state index >= 15 is 0 Å². The van der Waals surface area contributed by atoms with Gasteiger partial charge in [0.15, 0.2) is 0 Å². The van der Waals surface area contributed by atoms with Gasteiger partial charge in [0.05, 0.1) is 4.90 Å². The van der Waals surface area contributed by atoms with Gasteiger partial charge in [-0.15, -0.1) is 0 Å². The molecular formula is C18H21N3O3S. The van der Waals surface area contributed by atoms with E-state index in [4.69, 9.17) is 5.73 Å². The number of anilines is 1. The number of carbonyl (C=O) groups is 1. The van der Waals surface area contributed by atoms with E-state index in [-0.39, 0.29) is 10.8 Å². The minimum Gasteiger partial charge on any atom is -0.338 e.